The number of nitrogens with one attached hydrogen (secondary N) is 1. The fourth-order valence-electron chi connectivity index (χ4n) is 3.45. The molecule has 0 aromatic heterocycles. The van der Waals surface area contributed by atoms with Crippen molar-refractivity contribution in [2.45, 2.75) is 0 Å². The summed E-state index contributed by atoms with van der Waals surface area (Å²) in [6.07, 6.45) is 0. The highest BCUT2D eigenvalue weighted by molar-refractivity contribution is 6.31. The Balaban J connectivity index is 1.53. The van der Waals surface area contributed by atoms with Crippen LogP contribution in [0.1, 0.15) is 10.4 Å². The van der Waals surface area contributed by atoms with Crippen LogP contribution < -0.4 is 15.0 Å². The Morgan fingerprint density at radius 3 is 2.40 bits per heavy atom. The number of piperazine rings is 1. The van der Waals surface area contributed by atoms with E-state index in [9.17, 15) is 4.79 Å². The van der Waals surface area contributed by atoms with Crippen LogP contribution in [0.5, 0.6) is 11.5 Å². The number of rotatable bonds is 5. The van der Waals surface area contributed by atoms with E-state index in [1.807, 2.05) is 54.6 Å². The Labute approximate surface area is 181 Å². The molecule has 154 valence electrons. The molecular weight excluding hydrogens is 398 g/mol. The normalized spacial score (nSPS) is 14.4. The zero-order valence-electron chi connectivity index (χ0n) is 16.8. The Hall–Kier alpha value is -3.02. The number of anilines is 2. The number of carbonyl (C=O) groups is 1. The summed E-state index contributed by atoms with van der Waals surface area (Å²) in [5.74, 6) is 1.13. The number of nitrogens with zero attached hydrogens (tertiary/aromatic N) is 2. The maximum absolute atomic E-state index is 13.0. The summed E-state index contributed by atoms with van der Waals surface area (Å²) in [7, 11) is 2.12. The molecule has 0 bridgehead atoms. The van der Waals surface area contributed by atoms with E-state index < -0.39 is 0 Å². The Kier molecular flexibility index (Phi) is 6.21. The molecule has 3 aromatic rings. The summed E-state index contributed by atoms with van der Waals surface area (Å²) < 4.78 is 5.85. The van der Waals surface area contributed by atoms with Gasteiger partial charge in [-0.15, -0.1) is 0 Å². The van der Waals surface area contributed by atoms with Crippen LogP contribution in [-0.2, 0) is 0 Å². The number of benzene rings is 3. The summed E-state index contributed by atoms with van der Waals surface area (Å²) >= 11 is 6.23. The zero-order valence-corrected chi connectivity index (χ0v) is 17.6. The van der Waals surface area contributed by atoms with Crippen LogP contribution in [0.15, 0.2) is 72.8 Å². The Morgan fingerprint density at radius 2 is 1.63 bits per heavy atom. The van der Waals surface area contributed by atoms with Gasteiger partial charge >= 0.3 is 0 Å². The summed E-state index contributed by atoms with van der Waals surface area (Å²) in [4.78, 5) is 17.6. The van der Waals surface area contributed by atoms with E-state index in [2.05, 4.69) is 22.2 Å². The molecule has 0 radical (unpaired) electrons. The highest BCUT2D eigenvalue weighted by Gasteiger charge is 2.19. The number of amides is 1. The summed E-state index contributed by atoms with van der Waals surface area (Å²) in [5, 5.41) is 3.62. The predicted octanol–water partition coefficient (Wildman–Crippen LogP) is 5.14. The number of likely N-dealkylation sites (N-methyl/N-ethyl adjacent to an activating group) is 1. The van der Waals surface area contributed by atoms with Gasteiger partial charge in [-0.2, -0.15) is 0 Å². The third kappa shape index (κ3) is 4.93. The number of halogens is 1. The Bertz CT molecular complexity index is 1020. The van der Waals surface area contributed by atoms with Crippen LogP contribution in [0.4, 0.5) is 11.4 Å². The number of carbonyl (C=O) groups excluding carboxylic acids is 1. The van der Waals surface area contributed by atoms with Gasteiger partial charge in [0, 0.05) is 36.8 Å². The van der Waals surface area contributed by atoms with Crippen molar-refractivity contribution >= 4 is 28.9 Å². The molecule has 0 spiro atoms. The van der Waals surface area contributed by atoms with Crippen LogP contribution in [0, 0.1) is 0 Å². The van der Waals surface area contributed by atoms with Crippen LogP contribution >= 0.6 is 11.6 Å². The molecule has 1 fully saturated rings. The van der Waals surface area contributed by atoms with Crippen molar-refractivity contribution in [3.8, 4) is 11.5 Å². The average Bonchev–Trinajstić information content (AvgIpc) is 2.76. The third-order valence-corrected chi connectivity index (χ3v) is 5.36. The molecule has 0 aliphatic carbocycles. The standard InChI is InChI=1S/C24H24ClN3O2/c1-27-12-14-28(15-13-27)23-11-10-19(25)17-22(23)26-24(29)18-6-5-9-21(16-18)30-20-7-3-2-4-8-20/h2-11,16-17H,12-15H2,1H3,(H,26,29). The fraction of sp³-hybridized carbons (Fsp3) is 0.208. The number of para-hydroxylation sites is 1. The van der Waals surface area contributed by atoms with Gasteiger partial charge in [0.2, 0.25) is 0 Å². The largest absolute Gasteiger partial charge is 0.457 e. The van der Waals surface area contributed by atoms with Gasteiger partial charge in [0.15, 0.2) is 0 Å². The van der Waals surface area contributed by atoms with Crippen molar-refractivity contribution in [2.75, 3.05) is 43.4 Å². The monoisotopic (exact) mass is 421 g/mol. The maximum atomic E-state index is 13.0. The first-order valence-corrected chi connectivity index (χ1v) is 10.3. The van der Waals surface area contributed by atoms with Gasteiger partial charge in [0.1, 0.15) is 11.5 Å². The van der Waals surface area contributed by atoms with Crippen molar-refractivity contribution in [3.05, 3.63) is 83.4 Å². The lowest BCUT2D eigenvalue weighted by molar-refractivity contribution is 0.102. The number of ether oxygens (including phenoxy) is 1. The van der Waals surface area contributed by atoms with Gasteiger partial charge in [-0.25, -0.2) is 0 Å². The molecule has 4 rings (SSSR count). The highest BCUT2D eigenvalue weighted by atomic mass is 35.5. The average molecular weight is 422 g/mol. The van der Waals surface area contributed by atoms with Crippen LogP contribution in [0.25, 0.3) is 0 Å². The highest BCUT2D eigenvalue weighted by Crippen LogP contribution is 2.31. The number of hydrogen-bond donors (Lipinski definition) is 1. The minimum absolute atomic E-state index is 0.203. The quantitative estimate of drug-likeness (QED) is 0.619. The van der Waals surface area contributed by atoms with E-state index >= 15 is 0 Å². The molecule has 5 nitrogen and oxygen atoms in total. The van der Waals surface area contributed by atoms with Crippen LogP contribution in [0.2, 0.25) is 5.02 Å². The third-order valence-electron chi connectivity index (χ3n) is 5.13. The lowest BCUT2D eigenvalue weighted by Crippen LogP contribution is -2.44. The Morgan fingerprint density at radius 1 is 0.900 bits per heavy atom. The second kappa shape index (κ2) is 9.20. The summed E-state index contributed by atoms with van der Waals surface area (Å²) in [6.45, 7) is 3.77. The maximum Gasteiger partial charge on any atom is 0.255 e. The summed E-state index contributed by atoms with van der Waals surface area (Å²) in [6, 6.07) is 22.3. The minimum atomic E-state index is -0.203. The van der Waals surface area contributed by atoms with E-state index in [0.717, 1.165) is 37.6 Å². The molecule has 0 unspecified atom stereocenters. The van der Waals surface area contributed by atoms with Crippen LogP contribution in [-0.4, -0.2) is 44.0 Å². The topological polar surface area (TPSA) is 44.8 Å². The first-order valence-electron chi connectivity index (χ1n) is 9.96. The van der Waals surface area contributed by atoms with Gasteiger partial charge in [0.25, 0.3) is 5.91 Å². The van der Waals surface area contributed by atoms with Crippen molar-refractivity contribution in [2.24, 2.45) is 0 Å². The van der Waals surface area contributed by atoms with E-state index in [-0.39, 0.29) is 5.91 Å². The molecule has 1 saturated heterocycles. The lowest BCUT2D eigenvalue weighted by Gasteiger charge is -2.35. The predicted molar refractivity (Wildman–Crippen MR) is 122 cm³/mol. The molecule has 0 atom stereocenters. The molecule has 0 saturated carbocycles. The lowest BCUT2D eigenvalue weighted by atomic mass is 10.1. The molecule has 1 aliphatic rings. The molecule has 1 N–H and O–H groups in total. The molecule has 1 heterocycles. The van der Waals surface area contributed by atoms with Crippen molar-refractivity contribution in [3.63, 3.8) is 0 Å². The first-order chi connectivity index (χ1) is 14.6. The van der Waals surface area contributed by atoms with Gasteiger partial charge in [-0.05, 0) is 55.6 Å². The molecule has 1 aliphatic heterocycles. The minimum Gasteiger partial charge on any atom is -0.457 e. The molecule has 6 heteroatoms. The van der Waals surface area contributed by atoms with Crippen molar-refractivity contribution in [1.82, 2.24) is 4.90 Å². The molecule has 30 heavy (non-hydrogen) atoms. The van der Waals surface area contributed by atoms with Crippen molar-refractivity contribution < 1.29 is 9.53 Å². The van der Waals surface area contributed by atoms with E-state index in [1.54, 1.807) is 18.2 Å². The van der Waals surface area contributed by atoms with E-state index in [1.165, 1.54) is 0 Å². The second-order valence-corrected chi connectivity index (χ2v) is 7.79. The zero-order chi connectivity index (χ0) is 20.9. The fourth-order valence-corrected chi connectivity index (χ4v) is 3.62. The van der Waals surface area contributed by atoms with Crippen LogP contribution in [0.3, 0.4) is 0 Å². The molecule has 3 aromatic carbocycles. The van der Waals surface area contributed by atoms with Crippen molar-refractivity contribution in [1.29, 1.82) is 0 Å². The van der Waals surface area contributed by atoms with Gasteiger partial charge in [0.05, 0.1) is 11.4 Å². The summed E-state index contributed by atoms with van der Waals surface area (Å²) in [5.41, 5.74) is 2.22. The van der Waals surface area contributed by atoms with Gasteiger partial charge < -0.3 is 19.9 Å². The first kappa shape index (κ1) is 20.3. The smallest absolute Gasteiger partial charge is 0.255 e. The number of hydrogen-bond acceptors (Lipinski definition) is 4. The van der Waals surface area contributed by atoms with Gasteiger partial charge in [-0.3, -0.25) is 4.79 Å². The van der Waals surface area contributed by atoms with E-state index in [0.29, 0.717) is 22.0 Å². The molecular formula is C24H24ClN3O2. The SMILES string of the molecule is CN1CCN(c2ccc(Cl)cc2NC(=O)c2cccc(Oc3ccccc3)c2)CC1. The van der Waals surface area contributed by atoms with E-state index in [4.69, 9.17) is 16.3 Å². The molecule has 1 amide bonds. The second-order valence-electron chi connectivity index (χ2n) is 7.35. The van der Waals surface area contributed by atoms with Gasteiger partial charge in [-0.1, -0.05) is 35.9 Å².